The number of nitrogens with one attached hydrogen (secondary N) is 1. The molecule has 0 aromatic heterocycles. The van der Waals surface area contributed by atoms with Crippen molar-refractivity contribution in [2.75, 3.05) is 19.6 Å². The van der Waals surface area contributed by atoms with Gasteiger partial charge < -0.3 is 10.2 Å². The Labute approximate surface area is 129 Å². The standard InChI is InChI=1S/C16H19ClN2O2/c17-13-4-1-3-12(9-13)10-14(20)19-8-6-16(11-19)5-2-7-18-15(16)21/h1,3-4,9H,2,5-8,10-11H2,(H,18,21). The van der Waals surface area contributed by atoms with Gasteiger partial charge in [0.2, 0.25) is 11.8 Å². The minimum absolute atomic E-state index is 0.0764. The molecule has 2 amide bonds. The van der Waals surface area contributed by atoms with E-state index in [1.807, 2.05) is 23.1 Å². The third-order valence-electron chi connectivity index (χ3n) is 4.55. The number of benzene rings is 1. The van der Waals surface area contributed by atoms with E-state index in [0.29, 0.717) is 24.5 Å². The van der Waals surface area contributed by atoms with Gasteiger partial charge in [0.25, 0.3) is 0 Å². The van der Waals surface area contributed by atoms with E-state index in [1.54, 1.807) is 6.07 Å². The van der Waals surface area contributed by atoms with Crippen LogP contribution in [0.25, 0.3) is 0 Å². The van der Waals surface area contributed by atoms with Crippen molar-refractivity contribution < 1.29 is 9.59 Å². The predicted octanol–water partition coefficient (Wildman–Crippen LogP) is 2.01. The molecule has 1 aromatic rings. The Morgan fingerprint density at radius 3 is 3.00 bits per heavy atom. The minimum atomic E-state index is -0.345. The smallest absolute Gasteiger partial charge is 0.228 e. The Balaban J connectivity index is 1.65. The zero-order chi connectivity index (χ0) is 14.9. The van der Waals surface area contributed by atoms with Crippen molar-refractivity contribution in [3.05, 3.63) is 34.9 Å². The van der Waals surface area contributed by atoms with Crippen LogP contribution in [0.2, 0.25) is 5.02 Å². The Bertz CT molecular complexity index is 575. The van der Waals surface area contributed by atoms with Crippen LogP contribution in [0.1, 0.15) is 24.8 Å². The number of hydrogen-bond acceptors (Lipinski definition) is 2. The first-order valence-corrected chi connectivity index (χ1v) is 7.77. The maximum absolute atomic E-state index is 12.4. The summed E-state index contributed by atoms with van der Waals surface area (Å²) in [5.41, 5.74) is 0.573. The lowest BCUT2D eigenvalue weighted by Gasteiger charge is -2.32. The van der Waals surface area contributed by atoms with E-state index in [9.17, 15) is 9.59 Å². The zero-order valence-corrected chi connectivity index (χ0v) is 12.7. The molecule has 1 spiro atoms. The Kier molecular flexibility index (Phi) is 3.89. The van der Waals surface area contributed by atoms with Gasteiger partial charge >= 0.3 is 0 Å². The molecule has 1 aromatic carbocycles. The summed E-state index contributed by atoms with van der Waals surface area (Å²) in [5.74, 6) is 0.194. The molecule has 0 bridgehead atoms. The molecule has 0 saturated carbocycles. The number of rotatable bonds is 2. The normalized spacial score (nSPS) is 25.2. The number of carbonyl (C=O) groups excluding carboxylic acids is 2. The summed E-state index contributed by atoms with van der Waals surface area (Å²) >= 11 is 5.95. The summed E-state index contributed by atoms with van der Waals surface area (Å²) in [7, 11) is 0. The highest BCUT2D eigenvalue weighted by Gasteiger charge is 2.46. The second-order valence-corrected chi connectivity index (χ2v) is 6.45. The lowest BCUT2D eigenvalue weighted by Crippen LogP contribution is -2.48. The first-order valence-electron chi connectivity index (χ1n) is 7.40. The van der Waals surface area contributed by atoms with Crippen LogP contribution in [0.15, 0.2) is 24.3 Å². The molecule has 21 heavy (non-hydrogen) atoms. The second kappa shape index (κ2) is 5.68. The highest BCUT2D eigenvalue weighted by molar-refractivity contribution is 6.30. The van der Waals surface area contributed by atoms with E-state index < -0.39 is 0 Å². The van der Waals surface area contributed by atoms with Crippen LogP contribution in [-0.2, 0) is 16.0 Å². The van der Waals surface area contributed by atoms with E-state index in [1.165, 1.54) is 0 Å². The van der Waals surface area contributed by atoms with Gasteiger partial charge in [0.05, 0.1) is 11.8 Å². The average Bonchev–Trinajstić information content (AvgIpc) is 2.88. The Morgan fingerprint density at radius 1 is 1.38 bits per heavy atom. The molecule has 5 heteroatoms. The number of piperidine rings is 1. The molecular formula is C16H19ClN2O2. The van der Waals surface area contributed by atoms with Crippen molar-refractivity contribution >= 4 is 23.4 Å². The number of amides is 2. The molecule has 2 aliphatic rings. The molecule has 0 radical (unpaired) electrons. The molecule has 1 N–H and O–H groups in total. The quantitative estimate of drug-likeness (QED) is 0.908. The second-order valence-electron chi connectivity index (χ2n) is 6.01. The van der Waals surface area contributed by atoms with Crippen LogP contribution in [0.3, 0.4) is 0 Å². The van der Waals surface area contributed by atoms with Gasteiger partial charge in [-0.1, -0.05) is 23.7 Å². The molecule has 0 aliphatic carbocycles. The largest absolute Gasteiger partial charge is 0.356 e. The third kappa shape index (κ3) is 2.91. The van der Waals surface area contributed by atoms with E-state index in [-0.39, 0.29) is 17.2 Å². The summed E-state index contributed by atoms with van der Waals surface area (Å²) in [4.78, 5) is 26.4. The van der Waals surface area contributed by atoms with Crippen molar-refractivity contribution in [2.45, 2.75) is 25.7 Å². The summed E-state index contributed by atoms with van der Waals surface area (Å²) in [6, 6.07) is 7.37. The maximum Gasteiger partial charge on any atom is 0.228 e. The van der Waals surface area contributed by atoms with Crippen LogP contribution in [0.4, 0.5) is 0 Å². The summed E-state index contributed by atoms with van der Waals surface area (Å²) in [6.07, 6.45) is 3.01. The van der Waals surface area contributed by atoms with Crippen molar-refractivity contribution in [3.8, 4) is 0 Å². The van der Waals surface area contributed by atoms with Gasteiger partial charge in [0.1, 0.15) is 0 Å². The summed E-state index contributed by atoms with van der Waals surface area (Å²) < 4.78 is 0. The third-order valence-corrected chi connectivity index (χ3v) is 4.79. The highest BCUT2D eigenvalue weighted by atomic mass is 35.5. The van der Waals surface area contributed by atoms with Crippen LogP contribution in [0.5, 0.6) is 0 Å². The van der Waals surface area contributed by atoms with Gasteiger partial charge in [-0.25, -0.2) is 0 Å². The fourth-order valence-electron chi connectivity index (χ4n) is 3.34. The predicted molar refractivity (Wildman–Crippen MR) is 81.0 cm³/mol. The Morgan fingerprint density at radius 2 is 2.24 bits per heavy atom. The molecule has 3 rings (SSSR count). The summed E-state index contributed by atoms with van der Waals surface area (Å²) in [6.45, 7) is 1.99. The van der Waals surface area contributed by atoms with Crippen molar-refractivity contribution in [2.24, 2.45) is 5.41 Å². The molecule has 1 unspecified atom stereocenters. The molecular weight excluding hydrogens is 288 g/mol. The van der Waals surface area contributed by atoms with Gasteiger partial charge in [0, 0.05) is 24.7 Å². The molecule has 4 nitrogen and oxygen atoms in total. The zero-order valence-electron chi connectivity index (χ0n) is 11.9. The highest BCUT2D eigenvalue weighted by Crippen LogP contribution is 2.37. The van der Waals surface area contributed by atoms with E-state index in [0.717, 1.165) is 31.4 Å². The van der Waals surface area contributed by atoms with Crippen molar-refractivity contribution in [1.29, 1.82) is 0 Å². The van der Waals surface area contributed by atoms with Crippen LogP contribution >= 0.6 is 11.6 Å². The summed E-state index contributed by atoms with van der Waals surface area (Å²) in [5, 5.41) is 3.58. The molecule has 2 saturated heterocycles. The van der Waals surface area contributed by atoms with Gasteiger partial charge in [0.15, 0.2) is 0 Å². The van der Waals surface area contributed by atoms with Crippen LogP contribution in [0, 0.1) is 5.41 Å². The van der Waals surface area contributed by atoms with Crippen LogP contribution in [-0.4, -0.2) is 36.3 Å². The minimum Gasteiger partial charge on any atom is -0.356 e. The molecule has 2 aliphatic heterocycles. The van der Waals surface area contributed by atoms with E-state index in [2.05, 4.69) is 5.32 Å². The number of likely N-dealkylation sites (tertiary alicyclic amines) is 1. The van der Waals surface area contributed by atoms with E-state index >= 15 is 0 Å². The molecule has 2 fully saturated rings. The number of carbonyl (C=O) groups is 2. The van der Waals surface area contributed by atoms with Gasteiger partial charge in [-0.15, -0.1) is 0 Å². The first-order chi connectivity index (χ1) is 10.1. The first kappa shape index (κ1) is 14.4. The van der Waals surface area contributed by atoms with Crippen LogP contribution < -0.4 is 5.32 Å². The molecule has 1 atom stereocenters. The number of halogens is 1. The fourth-order valence-corrected chi connectivity index (χ4v) is 3.55. The molecule has 2 heterocycles. The SMILES string of the molecule is O=C(Cc1cccc(Cl)c1)N1CCC2(CCCNC2=O)C1. The topological polar surface area (TPSA) is 49.4 Å². The lowest BCUT2D eigenvalue weighted by atomic mass is 9.79. The van der Waals surface area contributed by atoms with Crippen molar-refractivity contribution in [1.82, 2.24) is 10.2 Å². The van der Waals surface area contributed by atoms with Gasteiger partial charge in [-0.05, 0) is 37.0 Å². The maximum atomic E-state index is 12.4. The van der Waals surface area contributed by atoms with Gasteiger partial charge in [-0.3, -0.25) is 9.59 Å². The van der Waals surface area contributed by atoms with Crippen molar-refractivity contribution in [3.63, 3.8) is 0 Å². The fraction of sp³-hybridized carbons (Fsp3) is 0.500. The van der Waals surface area contributed by atoms with E-state index in [4.69, 9.17) is 11.6 Å². The average molecular weight is 307 g/mol. The molecule has 112 valence electrons. The monoisotopic (exact) mass is 306 g/mol. The Hall–Kier alpha value is -1.55. The van der Waals surface area contributed by atoms with Gasteiger partial charge in [-0.2, -0.15) is 0 Å². The lowest BCUT2D eigenvalue weighted by molar-refractivity contribution is -0.134. The number of nitrogens with zero attached hydrogens (tertiary/aromatic N) is 1. The number of hydrogen-bond donors (Lipinski definition) is 1.